The third-order valence-corrected chi connectivity index (χ3v) is 2.03. The molecular weight excluding hydrogens is 248 g/mol. The first-order valence-corrected chi connectivity index (χ1v) is 4.80. The van der Waals surface area contributed by atoms with E-state index in [-0.39, 0.29) is 12.4 Å². The summed E-state index contributed by atoms with van der Waals surface area (Å²) in [7, 11) is 0. The Bertz CT molecular complexity index is 328. The van der Waals surface area contributed by atoms with Gasteiger partial charge in [-0.1, -0.05) is 33.2 Å². The molecule has 0 aliphatic heterocycles. The Morgan fingerprint density at radius 3 is 3.00 bits per heavy atom. The van der Waals surface area contributed by atoms with Crippen molar-refractivity contribution in [2.24, 2.45) is 10.9 Å². The summed E-state index contributed by atoms with van der Waals surface area (Å²) in [5, 5.41) is 11.0. The first kappa shape index (κ1) is 11.0. The molecule has 0 heterocycles. The molecule has 0 saturated heterocycles. The highest BCUT2D eigenvalue weighted by Gasteiger charge is 1.96. The van der Waals surface area contributed by atoms with Gasteiger partial charge in [-0.2, -0.15) is 0 Å². The number of halogens is 1. The van der Waals surface area contributed by atoms with Crippen LogP contribution in [0.25, 0.3) is 0 Å². The van der Waals surface area contributed by atoms with Crippen molar-refractivity contribution in [1.29, 1.82) is 0 Å². The van der Waals surface area contributed by atoms with Gasteiger partial charge in [0.1, 0.15) is 6.61 Å². The van der Waals surface area contributed by atoms with E-state index in [4.69, 9.17) is 15.7 Å². The minimum absolute atomic E-state index is 0.0694. The van der Waals surface area contributed by atoms with Gasteiger partial charge in [0.2, 0.25) is 0 Å². The molecule has 14 heavy (non-hydrogen) atoms. The van der Waals surface area contributed by atoms with Gasteiger partial charge in [0.05, 0.1) is 6.61 Å². The lowest BCUT2D eigenvalue weighted by molar-refractivity contribution is 0.154. The number of oxime groups is 1. The normalized spacial score (nSPS) is 11.6. The zero-order valence-electron chi connectivity index (χ0n) is 7.48. The molecule has 3 N–H and O–H groups in total. The summed E-state index contributed by atoms with van der Waals surface area (Å²) >= 11 is 3.35. The smallest absolute Gasteiger partial charge is 0.165 e. The fourth-order valence-electron chi connectivity index (χ4n) is 0.929. The fourth-order valence-corrected chi connectivity index (χ4v) is 1.38. The van der Waals surface area contributed by atoms with Gasteiger partial charge in [0, 0.05) is 4.47 Å². The van der Waals surface area contributed by atoms with Crippen LogP contribution in [0.4, 0.5) is 0 Å². The number of ether oxygens (including phenoxy) is 1. The van der Waals surface area contributed by atoms with E-state index in [1.165, 1.54) is 0 Å². The van der Waals surface area contributed by atoms with E-state index >= 15 is 0 Å². The van der Waals surface area contributed by atoms with Crippen molar-refractivity contribution in [2.45, 2.75) is 6.61 Å². The van der Waals surface area contributed by atoms with Gasteiger partial charge in [-0.25, -0.2) is 0 Å². The van der Waals surface area contributed by atoms with Crippen LogP contribution in [0.15, 0.2) is 33.9 Å². The van der Waals surface area contributed by atoms with Crippen LogP contribution in [-0.2, 0) is 11.3 Å². The molecule has 0 spiro atoms. The third-order valence-electron chi connectivity index (χ3n) is 1.54. The lowest BCUT2D eigenvalue weighted by Gasteiger charge is -2.03. The minimum Gasteiger partial charge on any atom is -0.409 e. The molecule has 0 amide bonds. The van der Waals surface area contributed by atoms with Crippen LogP contribution in [0.5, 0.6) is 0 Å². The predicted molar refractivity (Wildman–Crippen MR) is 57.2 cm³/mol. The molecule has 0 fully saturated rings. The van der Waals surface area contributed by atoms with Gasteiger partial charge in [0.15, 0.2) is 5.84 Å². The van der Waals surface area contributed by atoms with E-state index in [9.17, 15) is 0 Å². The summed E-state index contributed by atoms with van der Waals surface area (Å²) in [4.78, 5) is 0. The fraction of sp³-hybridized carbons (Fsp3) is 0.222. The molecule has 0 aliphatic carbocycles. The maximum atomic E-state index is 8.25. The van der Waals surface area contributed by atoms with E-state index in [2.05, 4.69) is 21.1 Å². The Hall–Kier alpha value is -1.07. The van der Waals surface area contributed by atoms with Crippen LogP contribution in [0.1, 0.15) is 5.56 Å². The molecule has 0 aliphatic rings. The first-order valence-electron chi connectivity index (χ1n) is 4.01. The average molecular weight is 259 g/mol. The molecule has 5 heteroatoms. The van der Waals surface area contributed by atoms with E-state index < -0.39 is 0 Å². The van der Waals surface area contributed by atoms with Crippen molar-refractivity contribution in [3.63, 3.8) is 0 Å². The summed E-state index contributed by atoms with van der Waals surface area (Å²) in [6, 6.07) is 7.75. The van der Waals surface area contributed by atoms with E-state index in [1.54, 1.807) is 0 Å². The van der Waals surface area contributed by atoms with Crippen molar-refractivity contribution >= 4 is 21.8 Å². The maximum absolute atomic E-state index is 8.25. The average Bonchev–Trinajstić information content (AvgIpc) is 2.17. The highest BCUT2D eigenvalue weighted by atomic mass is 79.9. The number of rotatable bonds is 4. The second-order valence-corrected chi connectivity index (χ2v) is 3.63. The molecule has 0 radical (unpaired) electrons. The quantitative estimate of drug-likeness (QED) is 0.374. The summed E-state index contributed by atoms with van der Waals surface area (Å²) in [5.74, 6) is 0.0694. The van der Waals surface area contributed by atoms with Crippen LogP contribution >= 0.6 is 15.9 Å². The summed E-state index contributed by atoms with van der Waals surface area (Å²) < 4.78 is 6.19. The van der Waals surface area contributed by atoms with Gasteiger partial charge in [-0.15, -0.1) is 0 Å². The lowest BCUT2D eigenvalue weighted by atomic mass is 10.2. The Morgan fingerprint density at radius 1 is 1.57 bits per heavy atom. The van der Waals surface area contributed by atoms with Gasteiger partial charge >= 0.3 is 0 Å². The van der Waals surface area contributed by atoms with Gasteiger partial charge in [-0.05, 0) is 17.7 Å². The second kappa shape index (κ2) is 5.62. The predicted octanol–water partition coefficient (Wildman–Crippen LogP) is 1.71. The molecule has 0 atom stereocenters. The third kappa shape index (κ3) is 3.76. The maximum Gasteiger partial charge on any atom is 0.165 e. The standard InChI is InChI=1S/C9H11BrN2O2/c10-8-3-1-2-7(4-8)5-14-6-9(11)12-13/h1-4,13H,5-6H2,(H2,11,12). The molecule has 0 aromatic heterocycles. The number of nitrogens with two attached hydrogens (primary N) is 1. The van der Waals surface area contributed by atoms with E-state index in [0.717, 1.165) is 10.0 Å². The van der Waals surface area contributed by atoms with Crippen LogP contribution < -0.4 is 5.73 Å². The summed E-state index contributed by atoms with van der Waals surface area (Å²) in [6.07, 6.45) is 0. The topological polar surface area (TPSA) is 67.8 Å². The second-order valence-electron chi connectivity index (χ2n) is 2.71. The van der Waals surface area contributed by atoms with E-state index in [0.29, 0.717) is 6.61 Å². The van der Waals surface area contributed by atoms with Crippen LogP contribution in [-0.4, -0.2) is 17.6 Å². The van der Waals surface area contributed by atoms with Gasteiger partial charge < -0.3 is 15.7 Å². The number of benzene rings is 1. The first-order chi connectivity index (χ1) is 6.72. The Kier molecular flexibility index (Phi) is 4.42. The van der Waals surface area contributed by atoms with Crippen LogP contribution in [0.3, 0.4) is 0 Å². The van der Waals surface area contributed by atoms with Crippen molar-refractivity contribution in [3.8, 4) is 0 Å². The Morgan fingerprint density at radius 2 is 2.36 bits per heavy atom. The molecule has 76 valence electrons. The molecule has 0 bridgehead atoms. The van der Waals surface area contributed by atoms with Crippen molar-refractivity contribution in [1.82, 2.24) is 0 Å². The highest BCUT2D eigenvalue weighted by molar-refractivity contribution is 9.10. The van der Waals surface area contributed by atoms with Crippen LogP contribution in [0, 0.1) is 0 Å². The number of hydrogen-bond donors (Lipinski definition) is 2. The Labute approximate surface area is 90.5 Å². The molecule has 4 nitrogen and oxygen atoms in total. The lowest BCUT2D eigenvalue weighted by Crippen LogP contribution is -2.18. The minimum atomic E-state index is 0.0694. The zero-order valence-corrected chi connectivity index (χ0v) is 9.07. The molecular formula is C9H11BrN2O2. The largest absolute Gasteiger partial charge is 0.409 e. The number of amidine groups is 1. The molecule has 1 aromatic rings. The SMILES string of the molecule is N/C(COCc1cccc(Br)c1)=N/O. The van der Waals surface area contributed by atoms with Gasteiger partial charge in [-0.3, -0.25) is 0 Å². The number of hydrogen-bond acceptors (Lipinski definition) is 3. The molecule has 1 aromatic carbocycles. The van der Waals surface area contributed by atoms with Crippen molar-refractivity contribution in [2.75, 3.05) is 6.61 Å². The highest BCUT2D eigenvalue weighted by Crippen LogP contribution is 2.12. The van der Waals surface area contributed by atoms with Crippen LogP contribution in [0.2, 0.25) is 0 Å². The zero-order chi connectivity index (χ0) is 10.4. The molecule has 1 rings (SSSR count). The van der Waals surface area contributed by atoms with E-state index in [1.807, 2.05) is 24.3 Å². The van der Waals surface area contributed by atoms with Gasteiger partial charge in [0.25, 0.3) is 0 Å². The summed E-state index contributed by atoms with van der Waals surface area (Å²) in [6.45, 7) is 0.568. The van der Waals surface area contributed by atoms with Crippen molar-refractivity contribution < 1.29 is 9.94 Å². The monoisotopic (exact) mass is 258 g/mol. The number of nitrogens with zero attached hydrogens (tertiary/aromatic N) is 1. The summed E-state index contributed by atoms with van der Waals surface area (Å²) in [5.41, 5.74) is 6.27. The Balaban J connectivity index is 2.39. The van der Waals surface area contributed by atoms with Crippen molar-refractivity contribution in [3.05, 3.63) is 34.3 Å². The molecule has 0 unspecified atom stereocenters. The molecule has 0 saturated carbocycles.